The largest absolute Gasteiger partial charge is 0.496 e. The molecule has 1 aliphatic rings. The lowest BCUT2D eigenvalue weighted by Gasteiger charge is -2.33. The molecule has 5 rings (SSSR count). The predicted molar refractivity (Wildman–Crippen MR) is 138 cm³/mol. The Morgan fingerprint density at radius 1 is 1.06 bits per heavy atom. The first kappa shape index (κ1) is 24.0. The van der Waals surface area contributed by atoms with Gasteiger partial charge in [-0.2, -0.15) is 5.10 Å². The van der Waals surface area contributed by atoms with Crippen LogP contribution in [0.2, 0.25) is 0 Å². The Hall–Kier alpha value is -3.68. The van der Waals surface area contributed by atoms with Gasteiger partial charge in [-0.15, -0.1) is 0 Å². The first-order valence-corrected chi connectivity index (χ1v) is 12.2. The maximum Gasteiger partial charge on any atom is 0.410 e. The lowest BCUT2D eigenvalue weighted by atomic mass is 9.88. The third-order valence-corrected chi connectivity index (χ3v) is 6.61. The van der Waals surface area contributed by atoms with E-state index in [9.17, 15) is 4.79 Å². The van der Waals surface area contributed by atoms with E-state index in [1.165, 1.54) is 6.07 Å². The second kappa shape index (κ2) is 9.08. The number of pyridine rings is 1. The second-order valence-corrected chi connectivity index (χ2v) is 10.4. The van der Waals surface area contributed by atoms with Gasteiger partial charge in [-0.05, 0) is 63.3 Å². The summed E-state index contributed by atoms with van der Waals surface area (Å²) in [4.78, 5) is 18.9. The van der Waals surface area contributed by atoms with E-state index in [2.05, 4.69) is 5.10 Å². The summed E-state index contributed by atoms with van der Waals surface area (Å²) in [5.41, 5.74) is 3.12. The number of aromatic nitrogens is 3. The molecule has 0 saturated carbocycles. The summed E-state index contributed by atoms with van der Waals surface area (Å²) in [6, 6.07) is 11.2. The molecule has 3 heterocycles. The van der Waals surface area contributed by atoms with Gasteiger partial charge in [0.15, 0.2) is 0 Å². The minimum absolute atomic E-state index is 0.0424. The Kier molecular flexibility index (Phi) is 6.06. The number of fused-ring (bicyclic) bond motifs is 2. The molecule has 1 aliphatic heterocycles. The monoisotopic (exact) mass is 490 g/mol. The summed E-state index contributed by atoms with van der Waals surface area (Å²) in [5.74, 6) is 0.445. The van der Waals surface area contributed by atoms with Crippen molar-refractivity contribution in [2.75, 3.05) is 20.2 Å². The molecule has 0 aliphatic carbocycles. The fraction of sp³-hybridized carbons (Fsp3) is 0.393. The van der Waals surface area contributed by atoms with Crippen molar-refractivity contribution in [3.63, 3.8) is 0 Å². The highest BCUT2D eigenvalue weighted by molar-refractivity contribution is 5.89. The van der Waals surface area contributed by atoms with Crippen LogP contribution in [0.1, 0.15) is 45.1 Å². The van der Waals surface area contributed by atoms with Crippen molar-refractivity contribution < 1.29 is 18.7 Å². The van der Waals surface area contributed by atoms with Gasteiger partial charge in [0, 0.05) is 54.8 Å². The number of carbonyl (C=O) groups is 1. The zero-order valence-corrected chi connectivity index (χ0v) is 21.3. The molecule has 0 atom stereocenters. The number of ether oxygens (including phenoxy) is 2. The Labute approximate surface area is 209 Å². The summed E-state index contributed by atoms with van der Waals surface area (Å²) in [6.07, 6.45) is 3.02. The van der Waals surface area contributed by atoms with Gasteiger partial charge >= 0.3 is 6.09 Å². The van der Waals surface area contributed by atoms with Gasteiger partial charge < -0.3 is 14.4 Å². The standard InChI is InChI=1S/C28H31FN4O3/c1-28(2,3)36-27(34)33-10-8-17(9-11-33)20-12-18-6-7-23(30-24(18)14-22(20)29)21-13-19-16-32(4)31-25(19)15-26(21)35-5/h6-7,12-17H,8-11H2,1-5H3. The molecule has 8 heteroatoms. The van der Waals surface area contributed by atoms with Crippen LogP contribution in [-0.2, 0) is 11.8 Å². The van der Waals surface area contributed by atoms with E-state index in [-0.39, 0.29) is 17.8 Å². The van der Waals surface area contributed by atoms with Gasteiger partial charge in [-0.25, -0.2) is 14.2 Å². The van der Waals surface area contributed by atoms with Crippen LogP contribution in [0, 0.1) is 5.82 Å². The average molecular weight is 491 g/mol. The minimum atomic E-state index is -0.530. The highest BCUT2D eigenvalue weighted by atomic mass is 19.1. The van der Waals surface area contributed by atoms with E-state index >= 15 is 4.39 Å². The van der Waals surface area contributed by atoms with Crippen molar-refractivity contribution in [3.8, 4) is 17.0 Å². The van der Waals surface area contributed by atoms with E-state index in [0.29, 0.717) is 48.5 Å². The van der Waals surface area contributed by atoms with Crippen LogP contribution in [0.25, 0.3) is 33.1 Å². The molecule has 2 aromatic heterocycles. The van der Waals surface area contributed by atoms with E-state index in [1.807, 2.05) is 64.3 Å². The third-order valence-electron chi connectivity index (χ3n) is 6.61. The SMILES string of the molecule is COc1cc2nn(C)cc2cc1-c1ccc2cc(C3CCN(C(=O)OC(C)(C)C)CC3)c(F)cc2n1. The smallest absolute Gasteiger partial charge is 0.410 e. The quantitative estimate of drug-likeness (QED) is 0.350. The molecule has 0 unspecified atom stereocenters. The number of hydrogen-bond donors (Lipinski definition) is 0. The topological polar surface area (TPSA) is 69.5 Å². The molecule has 2 aromatic carbocycles. The molecule has 188 valence electrons. The van der Waals surface area contributed by atoms with E-state index in [4.69, 9.17) is 14.5 Å². The predicted octanol–water partition coefficient (Wildman–Crippen LogP) is 6.05. The van der Waals surface area contributed by atoms with Crippen LogP contribution in [0.3, 0.4) is 0 Å². The van der Waals surface area contributed by atoms with Gasteiger partial charge in [0.1, 0.15) is 17.2 Å². The second-order valence-electron chi connectivity index (χ2n) is 10.4. The number of likely N-dealkylation sites (tertiary alicyclic amines) is 1. The molecule has 4 aromatic rings. The van der Waals surface area contributed by atoms with Gasteiger partial charge in [0.25, 0.3) is 0 Å². The molecule has 1 fully saturated rings. The van der Waals surface area contributed by atoms with Crippen molar-refractivity contribution in [1.29, 1.82) is 0 Å². The highest BCUT2D eigenvalue weighted by Crippen LogP contribution is 2.36. The number of amides is 1. The van der Waals surface area contributed by atoms with E-state index < -0.39 is 5.60 Å². The fourth-order valence-corrected chi connectivity index (χ4v) is 4.87. The normalized spacial score (nSPS) is 15.0. The summed E-state index contributed by atoms with van der Waals surface area (Å²) in [5, 5.41) is 6.30. The average Bonchev–Trinajstić information content (AvgIpc) is 3.20. The molecule has 36 heavy (non-hydrogen) atoms. The number of rotatable bonds is 3. The van der Waals surface area contributed by atoms with Gasteiger partial charge in [-0.1, -0.05) is 6.07 Å². The van der Waals surface area contributed by atoms with E-state index in [1.54, 1.807) is 16.7 Å². The molecular weight excluding hydrogens is 459 g/mol. The van der Waals surface area contributed by atoms with Crippen LogP contribution in [0.4, 0.5) is 9.18 Å². The molecule has 0 radical (unpaired) electrons. The number of piperidine rings is 1. The van der Waals surface area contributed by atoms with Crippen molar-refractivity contribution in [2.45, 2.75) is 45.1 Å². The van der Waals surface area contributed by atoms with Crippen LogP contribution in [0.5, 0.6) is 5.75 Å². The number of benzene rings is 2. The third kappa shape index (κ3) is 4.72. The number of halogens is 1. The fourth-order valence-electron chi connectivity index (χ4n) is 4.87. The van der Waals surface area contributed by atoms with Crippen molar-refractivity contribution in [3.05, 3.63) is 54.0 Å². The summed E-state index contributed by atoms with van der Waals surface area (Å²) < 4.78 is 28.1. The van der Waals surface area contributed by atoms with Gasteiger partial charge in [-0.3, -0.25) is 4.68 Å². The van der Waals surface area contributed by atoms with E-state index in [0.717, 1.165) is 21.9 Å². The zero-order valence-electron chi connectivity index (χ0n) is 21.3. The lowest BCUT2D eigenvalue weighted by molar-refractivity contribution is 0.0204. The number of aryl methyl sites for hydroxylation is 1. The lowest BCUT2D eigenvalue weighted by Crippen LogP contribution is -2.41. The number of methoxy groups -OCH3 is 1. The van der Waals surface area contributed by atoms with Crippen LogP contribution < -0.4 is 4.74 Å². The van der Waals surface area contributed by atoms with Crippen LogP contribution in [-0.4, -0.2) is 51.6 Å². The molecular formula is C28H31FN4O3. The van der Waals surface area contributed by atoms with Crippen molar-refractivity contribution >= 4 is 27.9 Å². The first-order valence-electron chi connectivity index (χ1n) is 12.2. The maximum absolute atomic E-state index is 15.3. The Morgan fingerprint density at radius 3 is 2.50 bits per heavy atom. The van der Waals surface area contributed by atoms with Gasteiger partial charge in [0.05, 0.1) is 23.8 Å². The molecule has 7 nitrogen and oxygen atoms in total. The number of nitrogens with zero attached hydrogens (tertiary/aromatic N) is 4. The summed E-state index contributed by atoms with van der Waals surface area (Å²) in [6.45, 7) is 6.66. The summed E-state index contributed by atoms with van der Waals surface area (Å²) >= 11 is 0. The highest BCUT2D eigenvalue weighted by Gasteiger charge is 2.29. The first-order chi connectivity index (χ1) is 17.1. The van der Waals surface area contributed by atoms with Crippen molar-refractivity contribution in [2.24, 2.45) is 7.05 Å². The number of hydrogen-bond acceptors (Lipinski definition) is 5. The minimum Gasteiger partial charge on any atom is -0.496 e. The Balaban J connectivity index is 1.40. The Morgan fingerprint density at radius 2 is 1.81 bits per heavy atom. The molecule has 1 amide bonds. The number of carbonyl (C=O) groups excluding carboxylic acids is 1. The zero-order chi connectivity index (χ0) is 25.6. The maximum atomic E-state index is 15.3. The van der Waals surface area contributed by atoms with Crippen LogP contribution >= 0.6 is 0 Å². The Bertz CT molecular complexity index is 1450. The molecule has 0 N–H and O–H groups in total. The van der Waals surface area contributed by atoms with Crippen LogP contribution in [0.15, 0.2) is 42.6 Å². The van der Waals surface area contributed by atoms with Gasteiger partial charge in [0.2, 0.25) is 0 Å². The molecule has 0 spiro atoms. The molecule has 1 saturated heterocycles. The van der Waals surface area contributed by atoms with Crippen molar-refractivity contribution in [1.82, 2.24) is 19.7 Å². The summed E-state index contributed by atoms with van der Waals surface area (Å²) in [7, 11) is 3.50. The molecule has 0 bridgehead atoms.